The van der Waals surface area contributed by atoms with Crippen molar-refractivity contribution in [2.75, 3.05) is 13.2 Å². The highest BCUT2D eigenvalue weighted by molar-refractivity contribution is 6.28. The Labute approximate surface area is 116 Å². The molecule has 1 fully saturated rings. The summed E-state index contributed by atoms with van der Waals surface area (Å²) < 4.78 is 11.4. The minimum Gasteiger partial charge on any atom is -0.474 e. The molecule has 19 heavy (non-hydrogen) atoms. The molecule has 1 aromatic carbocycles. The van der Waals surface area contributed by atoms with E-state index in [1.165, 1.54) is 6.42 Å². The van der Waals surface area contributed by atoms with Crippen molar-refractivity contribution in [3.8, 4) is 5.88 Å². The van der Waals surface area contributed by atoms with Gasteiger partial charge in [0.2, 0.25) is 11.2 Å². The van der Waals surface area contributed by atoms with Crippen LogP contribution in [0, 0.1) is 0 Å². The highest BCUT2D eigenvalue weighted by Gasteiger charge is 2.16. The Hall–Kier alpha value is -1.39. The third-order valence-electron chi connectivity index (χ3n) is 3.22. The van der Waals surface area contributed by atoms with Crippen LogP contribution in [0.25, 0.3) is 10.9 Å². The number of rotatable bonds is 3. The summed E-state index contributed by atoms with van der Waals surface area (Å²) in [6.45, 7) is 1.33. The fraction of sp³-hybridized carbons (Fsp3) is 0.429. The first-order valence-corrected chi connectivity index (χ1v) is 6.87. The first-order valence-electron chi connectivity index (χ1n) is 6.49. The summed E-state index contributed by atoms with van der Waals surface area (Å²) in [5, 5.41) is 1.08. The quantitative estimate of drug-likeness (QED) is 0.809. The lowest BCUT2D eigenvalue weighted by Gasteiger charge is -2.22. The number of para-hydroxylation sites is 1. The first kappa shape index (κ1) is 12.6. The number of ether oxygens (including phenoxy) is 2. The van der Waals surface area contributed by atoms with Crippen molar-refractivity contribution in [2.24, 2.45) is 0 Å². The molecule has 1 aromatic heterocycles. The predicted octanol–water partition coefficient (Wildman–Crippen LogP) is 3.23. The molecule has 0 radical (unpaired) electrons. The van der Waals surface area contributed by atoms with Crippen LogP contribution in [0.15, 0.2) is 24.3 Å². The van der Waals surface area contributed by atoms with Crippen molar-refractivity contribution >= 4 is 22.5 Å². The van der Waals surface area contributed by atoms with Crippen LogP contribution in [0.3, 0.4) is 0 Å². The number of hydrogen-bond acceptors (Lipinski definition) is 4. The molecule has 1 aliphatic rings. The zero-order valence-electron chi connectivity index (χ0n) is 10.5. The monoisotopic (exact) mass is 278 g/mol. The Bertz CT molecular complexity index is 570. The van der Waals surface area contributed by atoms with E-state index in [9.17, 15) is 0 Å². The van der Waals surface area contributed by atoms with Crippen LogP contribution >= 0.6 is 11.6 Å². The van der Waals surface area contributed by atoms with Crippen LogP contribution in [0.5, 0.6) is 5.88 Å². The largest absolute Gasteiger partial charge is 0.474 e. The van der Waals surface area contributed by atoms with Gasteiger partial charge in [-0.15, -0.1) is 0 Å². The molecule has 3 rings (SSSR count). The topological polar surface area (TPSA) is 44.2 Å². The lowest BCUT2D eigenvalue weighted by Crippen LogP contribution is -2.26. The van der Waals surface area contributed by atoms with E-state index in [1.807, 2.05) is 24.3 Å². The molecule has 5 heteroatoms. The Balaban J connectivity index is 1.79. The Kier molecular flexibility index (Phi) is 3.80. The Morgan fingerprint density at radius 2 is 2.16 bits per heavy atom. The predicted molar refractivity (Wildman–Crippen MR) is 73.6 cm³/mol. The summed E-state index contributed by atoms with van der Waals surface area (Å²) >= 11 is 5.91. The van der Waals surface area contributed by atoms with Crippen LogP contribution in [0.1, 0.15) is 19.3 Å². The van der Waals surface area contributed by atoms with Gasteiger partial charge in [-0.25, -0.2) is 4.98 Å². The molecule has 1 unspecified atom stereocenters. The van der Waals surface area contributed by atoms with E-state index < -0.39 is 0 Å². The van der Waals surface area contributed by atoms with Gasteiger partial charge in [0.05, 0.1) is 17.0 Å². The molecule has 1 aliphatic heterocycles. The highest BCUT2D eigenvalue weighted by atomic mass is 35.5. The summed E-state index contributed by atoms with van der Waals surface area (Å²) in [6.07, 6.45) is 3.52. The number of aromatic nitrogens is 2. The molecule has 0 N–H and O–H groups in total. The standard InChI is InChI=1S/C14H15ClN2O2/c15-14-16-12-7-2-1-6-11(12)13(17-14)19-9-10-5-3-4-8-18-10/h1-2,6-7,10H,3-5,8-9H2. The minimum absolute atomic E-state index is 0.154. The SMILES string of the molecule is Clc1nc(OCC2CCCCO2)c2ccccc2n1. The second-order valence-corrected chi connectivity index (χ2v) is 4.95. The van der Waals surface area contributed by atoms with Gasteiger partial charge >= 0.3 is 0 Å². The number of hydrogen-bond donors (Lipinski definition) is 0. The molecule has 2 heterocycles. The zero-order chi connectivity index (χ0) is 13.1. The number of halogens is 1. The molecule has 0 spiro atoms. The smallest absolute Gasteiger partial charge is 0.226 e. The van der Waals surface area contributed by atoms with Crippen LogP contribution in [-0.4, -0.2) is 29.3 Å². The molecule has 0 bridgehead atoms. The summed E-state index contributed by atoms with van der Waals surface area (Å²) in [5.41, 5.74) is 0.794. The normalized spacial score (nSPS) is 19.5. The van der Waals surface area contributed by atoms with Crippen LogP contribution in [-0.2, 0) is 4.74 Å². The van der Waals surface area contributed by atoms with Crippen molar-refractivity contribution < 1.29 is 9.47 Å². The first-order chi connectivity index (χ1) is 9.33. The van der Waals surface area contributed by atoms with E-state index >= 15 is 0 Å². The molecule has 1 atom stereocenters. The second-order valence-electron chi connectivity index (χ2n) is 4.61. The zero-order valence-corrected chi connectivity index (χ0v) is 11.3. The fourth-order valence-electron chi connectivity index (χ4n) is 2.24. The summed E-state index contributed by atoms with van der Waals surface area (Å²) in [5.74, 6) is 0.532. The molecule has 1 saturated heterocycles. The van der Waals surface area contributed by atoms with Crippen molar-refractivity contribution in [1.29, 1.82) is 0 Å². The Morgan fingerprint density at radius 1 is 1.26 bits per heavy atom. The molecule has 2 aromatic rings. The maximum Gasteiger partial charge on any atom is 0.226 e. The van der Waals surface area contributed by atoms with Gasteiger partial charge in [-0.2, -0.15) is 4.98 Å². The van der Waals surface area contributed by atoms with E-state index in [0.29, 0.717) is 12.5 Å². The number of benzene rings is 1. The van der Waals surface area contributed by atoms with Crippen LogP contribution in [0.2, 0.25) is 5.28 Å². The van der Waals surface area contributed by atoms with Gasteiger partial charge in [0.25, 0.3) is 0 Å². The Morgan fingerprint density at radius 3 is 3.00 bits per heavy atom. The number of nitrogens with zero attached hydrogens (tertiary/aromatic N) is 2. The fourth-order valence-corrected chi connectivity index (χ4v) is 2.41. The average molecular weight is 279 g/mol. The lowest BCUT2D eigenvalue weighted by atomic mass is 10.1. The molecule has 0 saturated carbocycles. The van der Waals surface area contributed by atoms with Crippen molar-refractivity contribution in [2.45, 2.75) is 25.4 Å². The van der Waals surface area contributed by atoms with Gasteiger partial charge in [-0.05, 0) is 43.0 Å². The van der Waals surface area contributed by atoms with Crippen molar-refractivity contribution in [3.63, 3.8) is 0 Å². The lowest BCUT2D eigenvalue weighted by molar-refractivity contribution is -0.0116. The highest BCUT2D eigenvalue weighted by Crippen LogP contribution is 2.24. The van der Waals surface area contributed by atoms with Crippen molar-refractivity contribution in [1.82, 2.24) is 9.97 Å². The van der Waals surface area contributed by atoms with Gasteiger partial charge in [0, 0.05) is 6.61 Å². The van der Waals surface area contributed by atoms with Crippen LogP contribution in [0.4, 0.5) is 0 Å². The van der Waals surface area contributed by atoms with E-state index in [-0.39, 0.29) is 11.4 Å². The molecule has 0 aliphatic carbocycles. The summed E-state index contributed by atoms with van der Waals surface area (Å²) in [7, 11) is 0. The van der Waals surface area contributed by atoms with E-state index in [1.54, 1.807) is 0 Å². The third-order valence-corrected chi connectivity index (χ3v) is 3.39. The molecule has 100 valence electrons. The number of fused-ring (bicyclic) bond motifs is 1. The summed E-state index contributed by atoms with van der Waals surface area (Å²) in [6, 6.07) is 7.68. The van der Waals surface area contributed by atoms with Crippen molar-refractivity contribution in [3.05, 3.63) is 29.5 Å². The molecular formula is C14H15ClN2O2. The van der Waals surface area contributed by atoms with Crippen LogP contribution < -0.4 is 4.74 Å². The maximum atomic E-state index is 5.91. The van der Waals surface area contributed by atoms with E-state index in [0.717, 1.165) is 30.4 Å². The van der Waals surface area contributed by atoms with Gasteiger partial charge in [0.15, 0.2) is 0 Å². The molecular weight excluding hydrogens is 264 g/mol. The van der Waals surface area contributed by atoms with Gasteiger partial charge in [-0.3, -0.25) is 0 Å². The molecule has 0 amide bonds. The summed E-state index contributed by atoms with van der Waals surface area (Å²) in [4.78, 5) is 8.34. The van der Waals surface area contributed by atoms with Gasteiger partial charge < -0.3 is 9.47 Å². The van der Waals surface area contributed by atoms with E-state index in [4.69, 9.17) is 21.1 Å². The minimum atomic E-state index is 0.154. The third kappa shape index (κ3) is 2.96. The van der Waals surface area contributed by atoms with E-state index in [2.05, 4.69) is 9.97 Å². The van der Waals surface area contributed by atoms with Gasteiger partial charge in [-0.1, -0.05) is 12.1 Å². The molecule has 4 nitrogen and oxygen atoms in total. The maximum absolute atomic E-state index is 5.91. The second kappa shape index (κ2) is 5.72. The van der Waals surface area contributed by atoms with Gasteiger partial charge in [0.1, 0.15) is 6.61 Å². The average Bonchev–Trinajstić information content (AvgIpc) is 2.45.